The standard InChI is InChI=1S/C19H22N2OS3/c1-12-3-8-15-16(11-12)25-19(20-15)21-17(22)13-4-6-14(7-5-13)18-23-9-2-10-24-18/h4-7,12,18H,2-3,8-11H2,1H3,(H,20,21,22). The van der Waals surface area contributed by atoms with Crippen LogP contribution in [0.15, 0.2) is 24.3 Å². The van der Waals surface area contributed by atoms with Gasteiger partial charge in [-0.25, -0.2) is 4.98 Å². The lowest BCUT2D eigenvalue weighted by molar-refractivity contribution is 0.102. The molecule has 1 aliphatic heterocycles. The fraction of sp³-hybridized carbons (Fsp3) is 0.474. The maximum absolute atomic E-state index is 12.5. The topological polar surface area (TPSA) is 42.0 Å². The minimum atomic E-state index is -0.0605. The molecule has 0 spiro atoms. The quantitative estimate of drug-likeness (QED) is 0.763. The van der Waals surface area contributed by atoms with Gasteiger partial charge in [-0.2, -0.15) is 0 Å². The molecule has 1 saturated heterocycles. The number of carbonyl (C=O) groups is 1. The Labute approximate surface area is 161 Å². The molecule has 132 valence electrons. The van der Waals surface area contributed by atoms with Gasteiger partial charge < -0.3 is 0 Å². The van der Waals surface area contributed by atoms with Gasteiger partial charge in [-0.05, 0) is 60.8 Å². The number of hydrogen-bond donors (Lipinski definition) is 1. The molecule has 1 unspecified atom stereocenters. The normalized spacial score (nSPS) is 20.9. The van der Waals surface area contributed by atoms with E-state index in [0.717, 1.165) is 23.9 Å². The molecule has 1 aromatic carbocycles. The molecule has 2 aromatic rings. The summed E-state index contributed by atoms with van der Waals surface area (Å²) in [7, 11) is 0. The second-order valence-corrected chi connectivity index (χ2v) is 10.5. The highest BCUT2D eigenvalue weighted by Gasteiger charge is 2.21. The van der Waals surface area contributed by atoms with Gasteiger partial charge in [0.1, 0.15) is 0 Å². The molecule has 2 heterocycles. The van der Waals surface area contributed by atoms with E-state index in [1.165, 1.54) is 40.5 Å². The van der Waals surface area contributed by atoms with E-state index in [9.17, 15) is 4.79 Å². The van der Waals surface area contributed by atoms with E-state index in [0.29, 0.717) is 10.1 Å². The van der Waals surface area contributed by atoms with Crippen LogP contribution in [0.4, 0.5) is 5.13 Å². The number of fused-ring (bicyclic) bond motifs is 1. The fourth-order valence-corrected chi connectivity index (χ4v) is 7.30. The number of aromatic nitrogens is 1. The van der Waals surface area contributed by atoms with Crippen molar-refractivity contribution in [3.05, 3.63) is 46.0 Å². The molecule has 1 aliphatic carbocycles. The number of anilines is 1. The summed E-state index contributed by atoms with van der Waals surface area (Å²) in [6.45, 7) is 2.28. The van der Waals surface area contributed by atoms with Crippen LogP contribution in [0.2, 0.25) is 0 Å². The summed E-state index contributed by atoms with van der Waals surface area (Å²) in [5.41, 5.74) is 3.20. The summed E-state index contributed by atoms with van der Waals surface area (Å²) < 4.78 is 0.513. The smallest absolute Gasteiger partial charge is 0.257 e. The molecule has 1 N–H and O–H groups in total. The zero-order chi connectivity index (χ0) is 17.2. The molecule has 4 rings (SSSR count). The van der Waals surface area contributed by atoms with Crippen molar-refractivity contribution < 1.29 is 4.79 Å². The summed E-state index contributed by atoms with van der Waals surface area (Å²) in [5.74, 6) is 3.12. The fourth-order valence-electron chi connectivity index (χ4n) is 3.23. The number of rotatable bonds is 3. The van der Waals surface area contributed by atoms with Gasteiger partial charge in [0, 0.05) is 10.4 Å². The van der Waals surface area contributed by atoms with E-state index in [1.54, 1.807) is 11.3 Å². The predicted octanol–water partition coefficient (Wildman–Crippen LogP) is 5.39. The first-order valence-corrected chi connectivity index (χ1v) is 11.7. The monoisotopic (exact) mass is 390 g/mol. The Balaban J connectivity index is 1.42. The summed E-state index contributed by atoms with van der Waals surface area (Å²) in [4.78, 5) is 18.5. The number of nitrogens with zero attached hydrogens (tertiary/aromatic N) is 1. The van der Waals surface area contributed by atoms with Crippen LogP contribution in [0.3, 0.4) is 0 Å². The van der Waals surface area contributed by atoms with Gasteiger partial charge in [-0.1, -0.05) is 19.1 Å². The molecule has 3 nitrogen and oxygen atoms in total. The van der Waals surface area contributed by atoms with Crippen LogP contribution in [-0.4, -0.2) is 22.4 Å². The molecule has 25 heavy (non-hydrogen) atoms. The first-order valence-electron chi connectivity index (χ1n) is 8.82. The van der Waals surface area contributed by atoms with E-state index in [2.05, 4.69) is 29.4 Å². The summed E-state index contributed by atoms with van der Waals surface area (Å²) >= 11 is 5.64. The molecule has 2 aliphatic rings. The maximum Gasteiger partial charge on any atom is 0.257 e. The second kappa shape index (κ2) is 7.72. The number of aryl methyl sites for hydroxylation is 1. The molecule has 6 heteroatoms. The van der Waals surface area contributed by atoms with Crippen molar-refractivity contribution in [2.45, 2.75) is 37.2 Å². The van der Waals surface area contributed by atoms with E-state index >= 15 is 0 Å². The molecular formula is C19H22N2OS3. The van der Waals surface area contributed by atoms with Crippen molar-refractivity contribution in [2.24, 2.45) is 5.92 Å². The van der Waals surface area contributed by atoms with Crippen molar-refractivity contribution in [1.82, 2.24) is 4.98 Å². The molecule has 0 saturated carbocycles. The average Bonchev–Trinajstić information content (AvgIpc) is 3.04. The number of benzene rings is 1. The van der Waals surface area contributed by atoms with Crippen LogP contribution >= 0.6 is 34.9 Å². The molecule has 1 fully saturated rings. The third kappa shape index (κ3) is 4.07. The third-order valence-corrected chi connectivity index (χ3v) is 8.73. The van der Waals surface area contributed by atoms with Gasteiger partial charge in [0.05, 0.1) is 10.3 Å². The van der Waals surface area contributed by atoms with Crippen molar-refractivity contribution in [3.8, 4) is 0 Å². The SMILES string of the molecule is CC1CCc2nc(NC(=O)c3ccc(C4SCCCS4)cc3)sc2C1. The highest BCUT2D eigenvalue weighted by atomic mass is 32.2. The minimum absolute atomic E-state index is 0.0605. The summed E-state index contributed by atoms with van der Waals surface area (Å²) in [5, 5.41) is 3.73. The number of thiazole rings is 1. The minimum Gasteiger partial charge on any atom is -0.298 e. The van der Waals surface area contributed by atoms with Crippen LogP contribution in [0.5, 0.6) is 0 Å². The lowest BCUT2D eigenvalue weighted by Gasteiger charge is -2.21. The van der Waals surface area contributed by atoms with E-state index in [-0.39, 0.29) is 5.91 Å². The van der Waals surface area contributed by atoms with Gasteiger partial charge in [-0.3, -0.25) is 10.1 Å². The highest BCUT2D eigenvalue weighted by Crippen LogP contribution is 2.43. The number of nitrogens with one attached hydrogen (secondary N) is 1. The zero-order valence-corrected chi connectivity index (χ0v) is 16.7. The molecular weight excluding hydrogens is 368 g/mol. The van der Waals surface area contributed by atoms with Gasteiger partial charge in [-0.15, -0.1) is 34.9 Å². The first kappa shape index (κ1) is 17.4. The van der Waals surface area contributed by atoms with Crippen LogP contribution in [0, 0.1) is 5.92 Å². The number of hydrogen-bond acceptors (Lipinski definition) is 5. The Morgan fingerprint density at radius 2 is 1.96 bits per heavy atom. The Morgan fingerprint density at radius 3 is 2.72 bits per heavy atom. The van der Waals surface area contributed by atoms with Crippen LogP contribution < -0.4 is 5.32 Å². The summed E-state index contributed by atoms with van der Waals surface area (Å²) in [6.07, 6.45) is 4.62. The maximum atomic E-state index is 12.5. The Bertz CT molecular complexity index is 751. The zero-order valence-electron chi connectivity index (χ0n) is 14.3. The van der Waals surface area contributed by atoms with Crippen molar-refractivity contribution in [1.29, 1.82) is 0 Å². The predicted molar refractivity (Wildman–Crippen MR) is 110 cm³/mol. The second-order valence-electron chi connectivity index (χ2n) is 6.74. The average molecular weight is 391 g/mol. The van der Waals surface area contributed by atoms with Crippen LogP contribution in [0.1, 0.15) is 50.8 Å². The van der Waals surface area contributed by atoms with E-state index in [1.807, 2.05) is 35.7 Å². The number of amides is 1. The summed E-state index contributed by atoms with van der Waals surface area (Å²) in [6, 6.07) is 8.07. The third-order valence-electron chi connectivity index (χ3n) is 4.68. The Hall–Kier alpha value is -0.980. The number of thioether (sulfide) groups is 2. The first-order chi connectivity index (χ1) is 12.2. The van der Waals surface area contributed by atoms with Crippen molar-refractivity contribution in [2.75, 3.05) is 16.8 Å². The van der Waals surface area contributed by atoms with E-state index < -0.39 is 0 Å². The Kier molecular flexibility index (Phi) is 5.39. The highest BCUT2D eigenvalue weighted by molar-refractivity contribution is 8.16. The molecule has 1 atom stereocenters. The molecule has 0 bridgehead atoms. The van der Waals surface area contributed by atoms with Crippen molar-refractivity contribution >= 4 is 45.9 Å². The van der Waals surface area contributed by atoms with Crippen molar-refractivity contribution in [3.63, 3.8) is 0 Å². The Morgan fingerprint density at radius 1 is 1.20 bits per heavy atom. The van der Waals surface area contributed by atoms with Crippen LogP contribution in [0.25, 0.3) is 0 Å². The van der Waals surface area contributed by atoms with Gasteiger partial charge in [0.15, 0.2) is 5.13 Å². The molecule has 1 aromatic heterocycles. The lowest BCUT2D eigenvalue weighted by Crippen LogP contribution is -2.12. The van der Waals surface area contributed by atoms with Gasteiger partial charge in [0.2, 0.25) is 0 Å². The van der Waals surface area contributed by atoms with Gasteiger partial charge in [0.25, 0.3) is 5.91 Å². The molecule has 0 radical (unpaired) electrons. The van der Waals surface area contributed by atoms with E-state index in [4.69, 9.17) is 0 Å². The largest absolute Gasteiger partial charge is 0.298 e. The lowest BCUT2D eigenvalue weighted by atomic mass is 9.93. The van der Waals surface area contributed by atoms with Gasteiger partial charge >= 0.3 is 0 Å². The van der Waals surface area contributed by atoms with Crippen LogP contribution in [-0.2, 0) is 12.8 Å². The number of carbonyl (C=O) groups excluding carboxylic acids is 1. The molecule has 1 amide bonds.